The van der Waals surface area contributed by atoms with E-state index in [-0.39, 0.29) is 0 Å². The third kappa shape index (κ3) is 2.13. The second-order valence-electron chi connectivity index (χ2n) is 2.66. The van der Waals surface area contributed by atoms with Gasteiger partial charge in [0.15, 0.2) is 0 Å². The molecule has 0 radical (unpaired) electrons. The van der Waals surface area contributed by atoms with E-state index in [2.05, 4.69) is 46.0 Å². The average molecular weight is 240 g/mol. The Morgan fingerprint density at radius 2 is 1.92 bits per heavy atom. The SMILES string of the molecule is CC.Cc1cc(Br)cc2cc[nH]c12. The number of H-pyrrole nitrogens is 1. The summed E-state index contributed by atoms with van der Waals surface area (Å²) in [7, 11) is 0. The van der Waals surface area contributed by atoms with Gasteiger partial charge >= 0.3 is 0 Å². The zero-order valence-electron chi connectivity index (χ0n) is 8.19. The molecule has 0 aliphatic heterocycles. The normalized spacial score (nSPS) is 9.54. The molecule has 0 unspecified atom stereocenters. The van der Waals surface area contributed by atoms with Gasteiger partial charge in [-0.2, -0.15) is 0 Å². The Labute approximate surface area is 87.3 Å². The van der Waals surface area contributed by atoms with E-state index in [9.17, 15) is 0 Å². The lowest BCUT2D eigenvalue weighted by Crippen LogP contribution is -1.75. The number of benzene rings is 1. The van der Waals surface area contributed by atoms with Crippen LogP contribution in [-0.2, 0) is 0 Å². The summed E-state index contributed by atoms with van der Waals surface area (Å²) < 4.78 is 1.14. The third-order valence-electron chi connectivity index (χ3n) is 1.82. The molecule has 0 aliphatic carbocycles. The van der Waals surface area contributed by atoms with Crippen molar-refractivity contribution in [3.63, 3.8) is 0 Å². The van der Waals surface area contributed by atoms with Crippen molar-refractivity contribution < 1.29 is 0 Å². The van der Waals surface area contributed by atoms with E-state index in [0.717, 1.165) is 4.47 Å². The van der Waals surface area contributed by atoms with Gasteiger partial charge in [-0.1, -0.05) is 29.8 Å². The Morgan fingerprint density at radius 3 is 2.62 bits per heavy atom. The molecule has 0 atom stereocenters. The molecule has 0 saturated carbocycles. The molecule has 2 heteroatoms. The van der Waals surface area contributed by atoms with Crippen molar-refractivity contribution in [2.75, 3.05) is 0 Å². The van der Waals surface area contributed by atoms with Crippen LogP contribution in [0.3, 0.4) is 0 Å². The zero-order chi connectivity index (χ0) is 9.84. The third-order valence-corrected chi connectivity index (χ3v) is 2.28. The van der Waals surface area contributed by atoms with Crippen molar-refractivity contribution in [3.05, 3.63) is 34.4 Å². The maximum absolute atomic E-state index is 3.45. The monoisotopic (exact) mass is 239 g/mol. The fourth-order valence-corrected chi connectivity index (χ4v) is 1.90. The molecular formula is C11H14BrN. The fourth-order valence-electron chi connectivity index (χ4n) is 1.31. The molecule has 0 spiro atoms. The molecule has 1 nitrogen and oxygen atoms in total. The summed E-state index contributed by atoms with van der Waals surface area (Å²) in [6.07, 6.45) is 1.96. The van der Waals surface area contributed by atoms with E-state index >= 15 is 0 Å². The molecule has 0 fully saturated rings. The summed E-state index contributed by atoms with van der Waals surface area (Å²) in [5.74, 6) is 0. The number of rotatable bonds is 0. The Bertz CT molecular complexity index is 390. The number of hydrogen-bond donors (Lipinski definition) is 1. The van der Waals surface area contributed by atoms with Crippen LogP contribution in [0.5, 0.6) is 0 Å². The summed E-state index contributed by atoms with van der Waals surface area (Å²) in [5.41, 5.74) is 2.51. The number of aromatic amines is 1. The minimum atomic E-state index is 1.14. The molecule has 70 valence electrons. The lowest BCUT2D eigenvalue weighted by molar-refractivity contribution is 1.41. The molecule has 2 aromatic rings. The molecular weight excluding hydrogens is 226 g/mol. The highest BCUT2D eigenvalue weighted by Gasteiger charge is 1.98. The highest BCUT2D eigenvalue weighted by Crippen LogP contribution is 2.22. The van der Waals surface area contributed by atoms with E-state index in [1.165, 1.54) is 16.5 Å². The molecule has 1 heterocycles. The molecule has 0 aliphatic rings. The predicted molar refractivity (Wildman–Crippen MR) is 62.1 cm³/mol. The average Bonchev–Trinajstić information content (AvgIpc) is 2.55. The largest absolute Gasteiger partial charge is 0.361 e. The Balaban J connectivity index is 0.000000396. The first-order valence-electron chi connectivity index (χ1n) is 4.50. The van der Waals surface area contributed by atoms with Gasteiger partial charge in [-0.3, -0.25) is 0 Å². The highest BCUT2D eigenvalue weighted by atomic mass is 79.9. The molecule has 0 bridgehead atoms. The quantitative estimate of drug-likeness (QED) is 0.707. The summed E-state index contributed by atoms with van der Waals surface area (Å²) in [5, 5.41) is 1.26. The van der Waals surface area contributed by atoms with Crippen molar-refractivity contribution in [2.24, 2.45) is 0 Å². The van der Waals surface area contributed by atoms with Crippen LogP contribution in [0.25, 0.3) is 10.9 Å². The van der Waals surface area contributed by atoms with Gasteiger partial charge < -0.3 is 4.98 Å². The lowest BCUT2D eigenvalue weighted by atomic mass is 10.2. The minimum absolute atomic E-state index is 1.14. The van der Waals surface area contributed by atoms with E-state index in [4.69, 9.17) is 0 Å². The summed E-state index contributed by atoms with van der Waals surface area (Å²) in [6, 6.07) is 6.30. The van der Waals surface area contributed by atoms with Crippen molar-refractivity contribution in [1.82, 2.24) is 4.98 Å². The molecule has 1 aromatic carbocycles. The van der Waals surface area contributed by atoms with Gasteiger partial charge in [0.05, 0.1) is 0 Å². The van der Waals surface area contributed by atoms with Crippen LogP contribution in [0, 0.1) is 6.92 Å². The number of nitrogens with one attached hydrogen (secondary N) is 1. The standard InChI is InChI=1S/C9H8BrN.C2H6/c1-6-4-8(10)5-7-2-3-11-9(6)7;1-2/h2-5,11H,1H3;1-2H3. The van der Waals surface area contributed by atoms with E-state index in [1.54, 1.807) is 0 Å². The van der Waals surface area contributed by atoms with Crippen LogP contribution in [0.4, 0.5) is 0 Å². The number of fused-ring (bicyclic) bond motifs is 1. The van der Waals surface area contributed by atoms with Gasteiger partial charge in [0.1, 0.15) is 0 Å². The molecule has 0 amide bonds. The highest BCUT2D eigenvalue weighted by molar-refractivity contribution is 9.10. The second kappa shape index (κ2) is 4.47. The van der Waals surface area contributed by atoms with Crippen LogP contribution in [0.1, 0.15) is 19.4 Å². The fraction of sp³-hybridized carbons (Fsp3) is 0.273. The van der Waals surface area contributed by atoms with Crippen LogP contribution in [-0.4, -0.2) is 4.98 Å². The van der Waals surface area contributed by atoms with Crippen LogP contribution in [0.2, 0.25) is 0 Å². The van der Waals surface area contributed by atoms with Crippen LogP contribution < -0.4 is 0 Å². The number of aromatic nitrogens is 1. The van der Waals surface area contributed by atoms with Crippen LogP contribution >= 0.6 is 15.9 Å². The van der Waals surface area contributed by atoms with Crippen molar-refractivity contribution in [1.29, 1.82) is 0 Å². The zero-order valence-corrected chi connectivity index (χ0v) is 9.77. The maximum atomic E-state index is 3.45. The lowest BCUT2D eigenvalue weighted by Gasteiger charge is -1.96. The number of halogens is 1. The van der Waals surface area contributed by atoms with Crippen molar-refractivity contribution >= 4 is 26.8 Å². The predicted octanol–water partition coefficient (Wildman–Crippen LogP) is 4.27. The van der Waals surface area contributed by atoms with Crippen molar-refractivity contribution in [3.8, 4) is 0 Å². The molecule has 1 aromatic heterocycles. The molecule has 2 rings (SSSR count). The molecule has 13 heavy (non-hydrogen) atoms. The van der Waals surface area contributed by atoms with E-state index in [1.807, 2.05) is 20.0 Å². The first-order valence-corrected chi connectivity index (χ1v) is 5.30. The molecule has 0 saturated heterocycles. The first-order chi connectivity index (χ1) is 6.27. The first kappa shape index (κ1) is 10.3. The second-order valence-corrected chi connectivity index (χ2v) is 3.58. The smallest absolute Gasteiger partial charge is 0.0484 e. The Morgan fingerprint density at radius 1 is 1.23 bits per heavy atom. The van der Waals surface area contributed by atoms with Gasteiger partial charge in [0.2, 0.25) is 0 Å². The van der Waals surface area contributed by atoms with Gasteiger partial charge in [0.25, 0.3) is 0 Å². The van der Waals surface area contributed by atoms with Gasteiger partial charge in [-0.15, -0.1) is 0 Å². The Kier molecular flexibility index (Phi) is 3.55. The van der Waals surface area contributed by atoms with Gasteiger partial charge in [0, 0.05) is 21.6 Å². The van der Waals surface area contributed by atoms with Gasteiger partial charge in [-0.25, -0.2) is 0 Å². The Hall–Kier alpha value is -0.760. The number of hydrogen-bond acceptors (Lipinski definition) is 0. The van der Waals surface area contributed by atoms with Gasteiger partial charge in [-0.05, 0) is 30.7 Å². The summed E-state index contributed by atoms with van der Waals surface area (Å²) in [4.78, 5) is 3.19. The van der Waals surface area contributed by atoms with E-state index < -0.39 is 0 Å². The minimum Gasteiger partial charge on any atom is -0.361 e. The maximum Gasteiger partial charge on any atom is 0.0484 e. The number of aryl methyl sites for hydroxylation is 1. The summed E-state index contributed by atoms with van der Waals surface area (Å²) in [6.45, 7) is 6.10. The topological polar surface area (TPSA) is 15.8 Å². The van der Waals surface area contributed by atoms with Crippen molar-refractivity contribution in [2.45, 2.75) is 20.8 Å². The molecule has 1 N–H and O–H groups in total. The van der Waals surface area contributed by atoms with Crippen LogP contribution in [0.15, 0.2) is 28.9 Å². The van der Waals surface area contributed by atoms with E-state index in [0.29, 0.717) is 0 Å². The summed E-state index contributed by atoms with van der Waals surface area (Å²) >= 11 is 3.45.